The number of carbonyl (C=O) groups is 1. The van der Waals surface area contributed by atoms with Crippen molar-refractivity contribution in [1.82, 2.24) is 9.78 Å². The highest BCUT2D eigenvalue weighted by Crippen LogP contribution is 2.50. The number of nitrogens with one attached hydrogen (secondary N) is 1. The topological polar surface area (TPSA) is 56.1 Å². The van der Waals surface area contributed by atoms with Gasteiger partial charge in [0.05, 0.1) is 18.8 Å². The number of fused-ring (bicyclic) bond motifs is 1. The quantitative estimate of drug-likeness (QED) is 0.599. The second-order valence-electron chi connectivity index (χ2n) is 6.19. The molecule has 152 valence electrons. The van der Waals surface area contributed by atoms with E-state index in [1.165, 1.54) is 19.1 Å². The van der Waals surface area contributed by atoms with E-state index >= 15 is 0 Å². The van der Waals surface area contributed by atoms with Gasteiger partial charge in [-0.05, 0) is 24.6 Å². The number of aromatic nitrogens is 2. The fourth-order valence-electron chi connectivity index (χ4n) is 3.05. The van der Waals surface area contributed by atoms with Crippen LogP contribution >= 0.6 is 0 Å². The van der Waals surface area contributed by atoms with Gasteiger partial charge in [0, 0.05) is 6.42 Å². The average molecular weight is 407 g/mol. The summed E-state index contributed by atoms with van der Waals surface area (Å²) < 4.78 is 85.9. The molecule has 1 aromatic heterocycles. The summed E-state index contributed by atoms with van der Waals surface area (Å²) in [5.74, 6) is -6.92. The molecule has 28 heavy (non-hydrogen) atoms. The van der Waals surface area contributed by atoms with Gasteiger partial charge < -0.3 is 10.1 Å². The molecule has 5 nitrogen and oxygen atoms in total. The molecule has 0 bridgehead atoms. The van der Waals surface area contributed by atoms with Crippen molar-refractivity contribution in [3.05, 3.63) is 47.4 Å². The fourth-order valence-corrected chi connectivity index (χ4v) is 3.05. The summed E-state index contributed by atoms with van der Waals surface area (Å²) in [5.41, 5.74) is 0.0169. The molecule has 11 heteroatoms. The molecule has 0 saturated heterocycles. The molecule has 1 aliphatic heterocycles. The second-order valence-corrected chi connectivity index (χ2v) is 6.19. The summed E-state index contributed by atoms with van der Waals surface area (Å²) in [7, 11) is 0. The van der Waals surface area contributed by atoms with E-state index in [2.05, 4.69) is 10.4 Å². The van der Waals surface area contributed by atoms with Gasteiger partial charge in [0.25, 0.3) is 0 Å². The molecule has 0 saturated carbocycles. The van der Waals surface area contributed by atoms with Crippen LogP contribution in [0.2, 0.25) is 0 Å². The van der Waals surface area contributed by atoms with Crippen LogP contribution in [0.1, 0.15) is 41.3 Å². The number of nitrogens with zero attached hydrogens (tertiary/aromatic N) is 2. The Kier molecular flexibility index (Phi) is 5.02. The minimum atomic E-state index is -5.82. The van der Waals surface area contributed by atoms with Crippen molar-refractivity contribution in [3.63, 3.8) is 0 Å². The predicted molar refractivity (Wildman–Crippen MR) is 85.6 cm³/mol. The lowest BCUT2D eigenvalue weighted by Gasteiger charge is -2.37. The lowest BCUT2D eigenvalue weighted by molar-refractivity contribution is -0.301. The lowest BCUT2D eigenvalue weighted by atomic mass is 9.93. The molecule has 0 fully saturated rings. The van der Waals surface area contributed by atoms with Crippen LogP contribution < -0.4 is 5.32 Å². The first-order valence-corrected chi connectivity index (χ1v) is 8.27. The maximum atomic E-state index is 14.2. The molecular formula is C17H15F6N3O2. The third-order valence-electron chi connectivity index (χ3n) is 4.42. The Morgan fingerprint density at radius 1 is 1.25 bits per heavy atom. The maximum absolute atomic E-state index is 14.2. The number of alkyl halides is 5. The first-order chi connectivity index (χ1) is 13.1. The van der Waals surface area contributed by atoms with Crippen LogP contribution in [0.25, 0.3) is 0 Å². The number of esters is 1. The van der Waals surface area contributed by atoms with E-state index in [0.717, 1.165) is 18.3 Å². The van der Waals surface area contributed by atoms with E-state index in [1.54, 1.807) is 0 Å². The Labute approximate surface area is 155 Å². The van der Waals surface area contributed by atoms with E-state index in [4.69, 9.17) is 4.74 Å². The number of halogens is 6. The molecule has 1 N–H and O–H groups in total. The molecule has 1 aliphatic rings. The molecule has 0 amide bonds. The number of hydrogen-bond donors (Lipinski definition) is 1. The van der Waals surface area contributed by atoms with Gasteiger partial charge in [-0.3, -0.25) is 0 Å². The van der Waals surface area contributed by atoms with Crippen molar-refractivity contribution in [2.75, 3.05) is 11.9 Å². The Bertz CT molecular complexity index is 863. The van der Waals surface area contributed by atoms with Crippen molar-refractivity contribution in [1.29, 1.82) is 0 Å². The van der Waals surface area contributed by atoms with Crippen molar-refractivity contribution in [2.45, 2.75) is 37.5 Å². The van der Waals surface area contributed by atoms with Gasteiger partial charge in [-0.2, -0.15) is 27.1 Å². The van der Waals surface area contributed by atoms with Gasteiger partial charge in [-0.1, -0.05) is 12.1 Å². The molecule has 2 aromatic rings. The van der Waals surface area contributed by atoms with Crippen LogP contribution in [0.4, 0.5) is 32.2 Å². The number of anilines is 1. The minimum absolute atomic E-state index is 0.0208. The predicted octanol–water partition coefficient (Wildman–Crippen LogP) is 4.49. The van der Waals surface area contributed by atoms with E-state index in [1.807, 2.05) is 0 Å². The molecule has 2 unspecified atom stereocenters. The lowest BCUT2D eigenvalue weighted by Crippen LogP contribution is -2.47. The fraction of sp³-hybridized carbons (Fsp3) is 0.412. The standard InChI is InChI=1S/C17H15F6N3O2/c1-2-28-15(27)11-8-24-26-13(16(19,20)17(21,22)23)7-12(25-14(11)26)9-3-5-10(18)6-4-9/h3-6,8,12-13,25H,2,7H2,1H3. The van der Waals surface area contributed by atoms with Crippen LogP contribution in [0.5, 0.6) is 0 Å². The zero-order chi connectivity index (χ0) is 20.7. The summed E-state index contributed by atoms with van der Waals surface area (Å²) in [4.78, 5) is 12.0. The molecule has 2 atom stereocenters. The molecule has 0 spiro atoms. The van der Waals surface area contributed by atoms with Crippen LogP contribution in [0.15, 0.2) is 30.5 Å². The third-order valence-corrected chi connectivity index (χ3v) is 4.42. The third kappa shape index (κ3) is 3.40. The average Bonchev–Trinajstić information content (AvgIpc) is 3.04. The Balaban J connectivity index is 2.08. The van der Waals surface area contributed by atoms with Gasteiger partial charge >= 0.3 is 18.1 Å². The number of hydrogen-bond acceptors (Lipinski definition) is 4. The number of carbonyl (C=O) groups excluding carboxylic acids is 1. The first-order valence-electron chi connectivity index (χ1n) is 8.27. The van der Waals surface area contributed by atoms with Crippen molar-refractivity contribution >= 4 is 11.8 Å². The Hall–Kier alpha value is -2.72. The van der Waals surface area contributed by atoms with Crippen LogP contribution in [0.3, 0.4) is 0 Å². The second kappa shape index (κ2) is 7.02. The number of rotatable bonds is 4. The van der Waals surface area contributed by atoms with Gasteiger partial charge in [0.15, 0.2) is 0 Å². The van der Waals surface area contributed by atoms with Crippen molar-refractivity contribution < 1.29 is 35.9 Å². The summed E-state index contributed by atoms with van der Waals surface area (Å²) in [6.45, 7) is 1.50. The monoisotopic (exact) mass is 407 g/mol. The van der Waals surface area contributed by atoms with Crippen molar-refractivity contribution in [3.8, 4) is 0 Å². The summed E-state index contributed by atoms with van der Waals surface area (Å²) in [6.07, 6.45) is -5.63. The van der Waals surface area contributed by atoms with Crippen LogP contribution in [-0.2, 0) is 4.74 Å². The number of benzene rings is 1. The summed E-state index contributed by atoms with van der Waals surface area (Å²) in [5, 5.41) is 6.33. The molecule has 0 radical (unpaired) electrons. The zero-order valence-electron chi connectivity index (χ0n) is 14.4. The Morgan fingerprint density at radius 2 is 1.89 bits per heavy atom. The largest absolute Gasteiger partial charge is 0.462 e. The maximum Gasteiger partial charge on any atom is 0.455 e. The van der Waals surface area contributed by atoms with Gasteiger partial charge in [-0.15, -0.1) is 0 Å². The van der Waals surface area contributed by atoms with E-state index < -0.39 is 42.4 Å². The first kappa shape index (κ1) is 20.0. The van der Waals surface area contributed by atoms with Crippen LogP contribution in [-0.4, -0.2) is 34.5 Å². The SMILES string of the molecule is CCOC(=O)c1cnn2c1NC(c1ccc(F)cc1)CC2C(F)(F)C(F)(F)F. The van der Waals surface area contributed by atoms with Gasteiger partial charge in [0.2, 0.25) is 0 Å². The molecule has 1 aromatic carbocycles. The smallest absolute Gasteiger partial charge is 0.455 e. The molecule has 2 heterocycles. The highest BCUT2D eigenvalue weighted by molar-refractivity contribution is 5.94. The van der Waals surface area contributed by atoms with E-state index in [0.29, 0.717) is 4.68 Å². The zero-order valence-corrected chi connectivity index (χ0v) is 14.4. The minimum Gasteiger partial charge on any atom is -0.462 e. The molecular weight excluding hydrogens is 392 g/mol. The van der Waals surface area contributed by atoms with E-state index in [-0.39, 0.29) is 23.6 Å². The van der Waals surface area contributed by atoms with E-state index in [9.17, 15) is 31.1 Å². The van der Waals surface area contributed by atoms with Gasteiger partial charge in [0.1, 0.15) is 23.2 Å². The van der Waals surface area contributed by atoms with Crippen LogP contribution in [0, 0.1) is 5.82 Å². The summed E-state index contributed by atoms with van der Waals surface area (Å²) >= 11 is 0. The summed E-state index contributed by atoms with van der Waals surface area (Å²) in [6, 6.07) is 1.23. The Morgan fingerprint density at radius 3 is 2.46 bits per heavy atom. The normalized spacial score (nSPS) is 19.7. The van der Waals surface area contributed by atoms with Gasteiger partial charge in [-0.25, -0.2) is 13.9 Å². The van der Waals surface area contributed by atoms with Crippen molar-refractivity contribution in [2.24, 2.45) is 0 Å². The highest BCUT2D eigenvalue weighted by Gasteiger charge is 2.64. The molecule has 3 rings (SSSR count). The number of ether oxygens (including phenoxy) is 1. The molecule has 0 aliphatic carbocycles. The highest BCUT2D eigenvalue weighted by atomic mass is 19.4.